The summed E-state index contributed by atoms with van der Waals surface area (Å²) in [6, 6.07) is 0. The van der Waals surface area contributed by atoms with Crippen LogP contribution < -0.4 is 5.23 Å². The number of aromatic carboxylic acids is 1. The van der Waals surface area contributed by atoms with Gasteiger partial charge in [-0.15, -0.1) is 5.23 Å². The number of aromatic nitrogens is 2. The van der Waals surface area contributed by atoms with E-state index in [1.54, 1.807) is 0 Å². The highest BCUT2D eigenvalue weighted by molar-refractivity contribution is 5.92. The van der Waals surface area contributed by atoms with Gasteiger partial charge in [0.25, 0.3) is 0 Å². The van der Waals surface area contributed by atoms with E-state index in [2.05, 4.69) is 10.2 Å². The highest BCUT2D eigenvalue weighted by Gasteiger charge is 2.19. The number of carbonyl (C=O) groups is 1. The Hall–Kier alpha value is -1.60. The van der Waals surface area contributed by atoms with Crippen LogP contribution in [0.25, 0.3) is 0 Å². The fourth-order valence-corrected chi connectivity index (χ4v) is 0.820. The van der Waals surface area contributed by atoms with Gasteiger partial charge in [0.15, 0.2) is 5.69 Å². The Bertz CT molecular complexity index is 306. The van der Waals surface area contributed by atoms with Crippen LogP contribution in [0.5, 0.6) is 0 Å². The number of aromatic amines is 1. The number of H-pyrrole nitrogens is 1. The molecular weight excluding hydrogens is 166 g/mol. The molecule has 1 aromatic rings. The van der Waals surface area contributed by atoms with Gasteiger partial charge in [0.05, 0.1) is 5.69 Å². The summed E-state index contributed by atoms with van der Waals surface area (Å²) in [5.74, 6) is -1.31. The van der Waals surface area contributed by atoms with Gasteiger partial charge >= 0.3 is 5.97 Å². The zero-order valence-corrected chi connectivity index (χ0v) is 6.14. The topological polar surface area (TPSA) is 110 Å². The fraction of sp³-hybridized carbons (Fsp3) is 0.200. The molecule has 0 bridgehead atoms. The molecule has 0 atom stereocenters. The minimum atomic E-state index is -1.31. The van der Waals surface area contributed by atoms with Gasteiger partial charge in [0.2, 0.25) is 0 Å². The van der Waals surface area contributed by atoms with Crippen molar-refractivity contribution < 1.29 is 20.3 Å². The molecule has 0 spiro atoms. The van der Waals surface area contributed by atoms with E-state index >= 15 is 0 Å². The van der Waals surface area contributed by atoms with Crippen molar-refractivity contribution in [2.45, 2.75) is 6.92 Å². The molecule has 0 saturated carbocycles. The van der Waals surface area contributed by atoms with Gasteiger partial charge in [-0.3, -0.25) is 15.5 Å². The summed E-state index contributed by atoms with van der Waals surface area (Å²) in [4.78, 5) is 10.4. The van der Waals surface area contributed by atoms with Gasteiger partial charge in [-0.05, 0) is 6.92 Å². The lowest BCUT2D eigenvalue weighted by Crippen LogP contribution is -2.15. The molecule has 0 fully saturated rings. The quantitative estimate of drug-likeness (QED) is 0.468. The molecule has 0 unspecified atom stereocenters. The maximum atomic E-state index is 10.4. The Morgan fingerprint density at radius 2 is 2.17 bits per heavy atom. The molecule has 0 aliphatic rings. The lowest BCUT2D eigenvalue weighted by Gasteiger charge is -2.06. The molecule has 4 N–H and O–H groups in total. The van der Waals surface area contributed by atoms with Crippen molar-refractivity contribution in [2.24, 2.45) is 0 Å². The average Bonchev–Trinajstić information content (AvgIpc) is 2.30. The molecule has 66 valence electrons. The molecule has 0 aliphatic heterocycles. The summed E-state index contributed by atoms with van der Waals surface area (Å²) in [6.07, 6.45) is 0. The number of carboxylic acids is 1. The summed E-state index contributed by atoms with van der Waals surface area (Å²) in [6.45, 7) is 1.44. The van der Waals surface area contributed by atoms with E-state index in [0.29, 0.717) is 0 Å². The van der Waals surface area contributed by atoms with Crippen LogP contribution in [0, 0.1) is 6.92 Å². The second kappa shape index (κ2) is 2.80. The van der Waals surface area contributed by atoms with Crippen molar-refractivity contribution in [3.63, 3.8) is 0 Å². The van der Waals surface area contributed by atoms with Crippen LogP contribution in [0.1, 0.15) is 16.2 Å². The molecule has 1 aromatic heterocycles. The van der Waals surface area contributed by atoms with Gasteiger partial charge in [-0.25, -0.2) is 4.79 Å². The van der Waals surface area contributed by atoms with Gasteiger partial charge in [-0.1, -0.05) is 0 Å². The predicted octanol–water partition coefficient (Wildman–Crippen LogP) is 0.00112. The third kappa shape index (κ3) is 1.22. The normalized spacial score (nSPS) is 9.92. The summed E-state index contributed by atoms with van der Waals surface area (Å²) >= 11 is 0. The molecular formula is C5H7N3O4. The third-order valence-corrected chi connectivity index (χ3v) is 1.33. The number of hydrogen-bond donors (Lipinski definition) is 4. The Labute approximate surface area is 66.8 Å². The van der Waals surface area contributed by atoms with Crippen molar-refractivity contribution in [3.05, 3.63) is 11.4 Å². The van der Waals surface area contributed by atoms with Gasteiger partial charge in [0, 0.05) is 0 Å². The standard InChI is InChI=1S/C5H7N3O4/c1-2-4(8(11)12)3(5(9)10)7-6-2/h11-12H,1H3,(H,6,7)(H,9,10). The molecule has 7 nitrogen and oxygen atoms in total. The fourth-order valence-electron chi connectivity index (χ4n) is 0.820. The molecule has 0 aromatic carbocycles. The van der Waals surface area contributed by atoms with Gasteiger partial charge in [0.1, 0.15) is 5.69 Å². The number of anilines is 1. The van der Waals surface area contributed by atoms with Crippen LogP contribution in [0.2, 0.25) is 0 Å². The maximum Gasteiger partial charge on any atom is 0.356 e. The monoisotopic (exact) mass is 173 g/mol. The molecule has 7 heteroatoms. The molecule has 0 radical (unpaired) electrons. The summed E-state index contributed by atoms with van der Waals surface area (Å²) in [5.41, 5.74) is -0.433. The van der Waals surface area contributed by atoms with Crippen molar-refractivity contribution in [2.75, 3.05) is 5.23 Å². The predicted molar refractivity (Wildman–Crippen MR) is 36.3 cm³/mol. The third-order valence-electron chi connectivity index (χ3n) is 1.33. The van der Waals surface area contributed by atoms with Crippen molar-refractivity contribution in [1.82, 2.24) is 10.2 Å². The first-order valence-corrected chi connectivity index (χ1v) is 3.00. The second-order valence-electron chi connectivity index (χ2n) is 2.13. The van der Waals surface area contributed by atoms with Gasteiger partial charge < -0.3 is 5.11 Å². The number of nitrogens with zero attached hydrogens (tertiary/aromatic N) is 2. The molecule has 12 heavy (non-hydrogen) atoms. The number of rotatable bonds is 2. The number of nitrogens with one attached hydrogen (secondary N) is 1. The van der Waals surface area contributed by atoms with E-state index in [9.17, 15) is 4.79 Å². The Kier molecular flexibility index (Phi) is 1.98. The van der Waals surface area contributed by atoms with Gasteiger partial charge in [-0.2, -0.15) is 5.10 Å². The molecule has 0 aliphatic carbocycles. The van der Waals surface area contributed by atoms with E-state index in [1.165, 1.54) is 6.92 Å². The maximum absolute atomic E-state index is 10.4. The SMILES string of the molecule is Cc1n[nH]c(C(=O)O)c1N(O)O. The Morgan fingerprint density at radius 3 is 2.50 bits per heavy atom. The molecule has 1 rings (SSSR count). The molecule has 0 saturated heterocycles. The first-order valence-electron chi connectivity index (χ1n) is 3.00. The summed E-state index contributed by atoms with van der Waals surface area (Å²) in [5, 5.41) is 31.0. The van der Waals surface area contributed by atoms with Crippen LogP contribution in [0.15, 0.2) is 0 Å². The largest absolute Gasteiger partial charge is 0.476 e. The Balaban J connectivity index is 3.21. The first-order chi connectivity index (χ1) is 5.54. The number of hydrogen-bond acceptors (Lipinski definition) is 5. The van der Waals surface area contributed by atoms with E-state index < -0.39 is 5.97 Å². The minimum Gasteiger partial charge on any atom is -0.476 e. The first kappa shape index (κ1) is 8.50. The highest BCUT2D eigenvalue weighted by atomic mass is 16.8. The average molecular weight is 173 g/mol. The molecule has 1 heterocycles. The van der Waals surface area contributed by atoms with Crippen LogP contribution >= 0.6 is 0 Å². The smallest absolute Gasteiger partial charge is 0.356 e. The van der Waals surface area contributed by atoms with Crippen molar-refractivity contribution in [1.29, 1.82) is 0 Å². The number of aryl methyl sites for hydroxylation is 1. The van der Waals surface area contributed by atoms with Crippen molar-refractivity contribution >= 4 is 11.7 Å². The van der Waals surface area contributed by atoms with Crippen LogP contribution in [-0.4, -0.2) is 31.7 Å². The number of carboxylic acid groups (broad SMARTS) is 1. The second-order valence-corrected chi connectivity index (χ2v) is 2.13. The highest BCUT2D eigenvalue weighted by Crippen LogP contribution is 2.19. The van der Waals surface area contributed by atoms with E-state index in [0.717, 1.165) is 0 Å². The van der Waals surface area contributed by atoms with Crippen LogP contribution in [-0.2, 0) is 0 Å². The lowest BCUT2D eigenvalue weighted by molar-refractivity contribution is 0.0274. The zero-order valence-electron chi connectivity index (χ0n) is 6.14. The Morgan fingerprint density at radius 1 is 1.58 bits per heavy atom. The van der Waals surface area contributed by atoms with Crippen LogP contribution in [0.4, 0.5) is 5.69 Å². The zero-order chi connectivity index (χ0) is 9.30. The van der Waals surface area contributed by atoms with E-state index in [-0.39, 0.29) is 22.3 Å². The minimum absolute atomic E-state index is 0.192. The molecule has 0 amide bonds. The van der Waals surface area contributed by atoms with E-state index in [4.69, 9.17) is 15.5 Å². The summed E-state index contributed by atoms with van der Waals surface area (Å²) < 4.78 is 0. The van der Waals surface area contributed by atoms with Crippen molar-refractivity contribution in [3.8, 4) is 0 Å². The van der Waals surface area contributed by atoms with E-state index in [1.807, 2.05) is 0 Å². The summed E-state index contributed by atoms with van der Waals surface area (Å²) in [7, 11) is 0. The lowest BCUT2D eigenvalue weighted by atomic mass is 10.3. The van der Waals surface area contributed by atoms with Crippen LogP contribution in [0.3, 0.4) is 0 Å².